The molecule has 7 aromatic rings. The Morgan fingerprint density at radius 1 is 0.860 bits per heavy atom. The second-order valence-corrected chi connectivity index (χ2v) is 14.9. The molecule has 0 spiro atoms. The number of nitrogens with one attached hydrogen (secondary N) is 1. The van der Waals surface area contributed by atoms with Crippen LogP contribution in [0.25, 0.3) is 43.2 Å². The molecule has 6 heterocycles. The molecule has 4 bridgehead atoms. The van der Waals surface area contributed by atoms with Gasteiger partial charge in [0.1, 0.15) is 54.1 Å². The van der Waals surface area contributed by atoms with E-state index in [1.54, 1.807) is 24.5 Å². The van der Waals surface area contributed by atoms with Crippen LogP contribution in [-0.2, 0) is 13.0 Å². The summed E-state index contributed by atoms with van der Waals surface area (Å²) in [6.07, 6.45) is 5.36. The van der Waals surface area contributed by atoms with Gasteiger partial charge in [-0.3, -0.25) is 0 Å². The van der Waals surface area contributed by atoms with Crippen LogP contribution in [0.4, 0.5) is 10.2 Å². The van der Waals surface area contributed by atoms with Crippen LogP contribution < -0.4 is 30.0 Å². The Hall–Kier alpha value is -5.60. The van der Waals surface area contributed by atoms with Crippen molar-refractivity contribution in [3.05, 3.63) is 118 Å². The van der Waals surface area contributed by atoms with Gasteiger partial charge in [0, 0.05) is 53.5 Å². The minimum absolute atomic E-state index is 0.188. The number of ether oxygens (including phenoxy) is 4. The molecular formula is C42H36Cl2FN7O4S. The monoisotopic (exact) mass is 823 g/mol. The van der Waals surface area contributed by atoms with Crippen LogP contribution in [0.2, 0.25) is 10.0 Å². The molecule has 2 aliphatic heterocycles. The van der Waals surface area contributed by atoms with Crippen LogP contribution in [0, 0.1) is 19.7 Å². The van der Waals surface area contributed by atoms with E-state index >= 15 is 0 Å². The van der Waals surface area contributed by atoms with Crippen molar-refractivity contribution in [2.45, 2.75) is 26.9 Å². The normalized spacial score (nSPS) is 12.7. The first kappa shape index (κ1) is 38.3. The number of hydrogen-bond acceptors (Lipinski definition) is 12. The smallest absolute Gasteiger partial charge is 0.226 e. The number of thiophene rings is 1. The van der Waals surface area contributed by atoms with Gasteiger partial charge >= 0.3 is 0 Å². The van der Waals surface area contributed by atoms with Crippen molar-refractivity contribution in [2.75, 3.05) is 38.2 Å². The molecule has 2 aliphatic rings. The fourth-order valence-electron chi connectivity index (χ4n) is 6.64. The highest BCUT2D eigenvalue weighted by molar-refractivity contribution is 7.22. The number of nitrogens with two attached hydrogens (primary N) is 1. The van der Waals surface area contributed by atoms with Gasteiger partial charge in [0.25, 0.3) is 0 Å². The second kappa shape index (κ2) is 16.9. The summed E-state index contributed by atoms with van der Waals surface area (Å²) in [5, 5.41) is 4.60. The fraction of sp³-hybridized carbons (Fsp3) is 0.214. The summed E-state index contributed by atoms with van der Waals surface area (Å²) in [7, 11) is 0. The number of anilines is 1. The molecule has 0 aliphatic carbocycles. The number of rotatable bonds is 8. The first-order valence-corrected chi connectivity index (χ1v) is 19.7. The maximum absolute atomic E-state index is 14.1. The molecule has 0 radical (unpaired) electrons. The van der Waals surface area contributed by atoms with Gasteiger partial charge in [-0.2, -0.15) is 0 Å². The standard InChI is InChI=1S/C42H36Cl2FN7O4S/c1-23-33-24(2)37(44)38(36(23)43)54-18-17-53-30-8-9-31(56-21-29-11-14-48-40(52-29)27-5-10-32(49-20-27)47-15-13-46)26(19-30)12-16-55-41-35-34(33)39(57-42(35)51-22-50-41)25-3-6-28(45)7-4-25/h3-11,14,19-20,22H,12-13,15-18,21,46H2,1-2H3,(H,47,49). The largest absolute Gasteiger partial charge is 0.490 e. The Morgan fingerprint density at radius 3 is 2.42 bits per heavy atom. The fourth-order valence-corrected chi connectivity index (χ4v) is 8.32. The third-order valence-corrected chi connectivity index (χ3v) is 11.5. The Bertz CT molecular complexity index is 2550. The molecule has 4 aromatic heterocycles. The molecule has 0 unspecified atom stereocenters. The zero-order valence-corrected chi connectivity index (χ0v) is 33.3. The van der Waals surface area contributed by atoms with Gasteiger partial charge in [-0.15, -0.1) is 11.3 Å². The quantitative estimate of drug-likeness (QED) is 0.152. The summed E-state index contributed by atoms with van der Waals surface area (Å²) in [6.45, 7) is 5.84. The molecule has 57 heavy (non-hydrogen) atoms. The lowest BCUT2D eigenvalue weighted by Gasteiger charge is -2.20. The molecule has 3 aromatic carbocycles. The number of hydrogen-bond donors (Lipinski definition) is 2. The molecule has 11 nitrogen and oxygen atoms in total. The van der Waals surface area contributed by atoms with Crippen molar-refractivity contribution >= 4 is 50.6 Å². The Balaban J connectivity index is 1.12. The van der Waals surface area contributed by atoms with Crippen molar-refractivity contribution in [3.8, 4) is 56.1 Å². The van der Waals surface area contributed by atoms with Crippen LogP contribution in [-0.4, -0.2) is 57.8 Å². The summed E-state index contributed by atoms with van der Waals surface area (Å²) < 4.78 is 39.3. The Kier molecular flexibility index (Phi) is 11.3. The number of pyridine rings is 1. The molecule has 0 saturated heterocycles. The lowest BCUT2D eigenvalue weighted by molar-refractivity contribution is 0.216. The zero-order chi connectivity index (χ0) is 39.5. The summed E-state index contributed by atoms with van der Waals surface area (Å²) in [5.74, 6) is 2.94. The van der Waals surface area contributed by atoms with Crippen LogP contribution in [0.5, 0.6) is 23.1 Å². The van der Waals surface area contributed by atoms with Gasteiger partial charge in [-0.25, -0.2) is 29.3 Å². The highest BCUT2D eigenvalue weighted by Gasteiger charge is 2.28. The van der Waals surface area contributed by atoms with E-state index in [0.29, 0.717) is 74.4 Å². The summed E-state index contributed by atoms with van der Waals surface area (Å²) >= 11 is 15.5. The average Bonchev–Trinajstić information content (AvgIpc) is 3.62. The van der Waals surface area contributed by atoms with E-state index in [1.807, 2.05) is 50.2 Å². The minimum atomic E-state index is -0.337. The van der Waals surface area contributed by atoms with Gasteiger partial charge in [0.05, 0.1) is 27.7 Å². The summed E-state index contributed by atoms with van der Waals surface area (Å²) in [5.41, 5.74) is 11.8. The molecular weight excluding hydrogens is 788 g/mol. The molecule has 3 N–H and O–H groups in total. The van der Waals surface area contributed by atoms with E-state index in [9.17, 15) is 4.39 Å². The van der Waals surface area contributed by atoms with Gasteiger partial charge in [0.2, 0.25) is 5.88 Å². The van der Waals surface area contributed by atoms with Gasteiger partial charge in [0.15, 0.2) is 11.6 Å². The van der Waals surface area contributed by atoms with E-state index in [4.69, 9.17) is 52.9 Å². The molecule has 0 fully saturated rings. The molecule has 15 heteroatoms. The molecule has 290 valence electrons. The van der Waals surface area contributed by atoms with E-state index in [-0.39, 0.29) is 32.2 Å². The second-order valence-electron chi connectivity index (χ2n) is 13.1. The SMILES string of the molecule is Cc1c(Cl)c2c(Cl)c(C)c1-c1c(-c3ccc(F)cc3)sc3ncnc(c13)OCCc1cc(ccc1OCc1ccnc(-c3ccc(NCCN)nc3)n1)OCCO2. The highest BCUT2D eigenvalue weighted by Crippen LogP contribution is 2.52. The molecule has 9 rings (SSSR count). The lowest BCUT2D eigenvalue weighted by atomic mass is 9.92. The predicted molar refractivity (Wildman–Crippen MR) is 222 cm³/mol. The van der Waals surface area contributed by atoms with E-state index in [2.05, 4.69) is 25.3 Å². The van der Waals surface area contributed by atoms with Gasteiger partial charge < -0.3 is 30.0 Å². The summed E-state index contributed by atoms with van der Waals surface area (Å²) in [6, 6.07) is 17.6. The Morgan fingerprint density at radius 2 is 1.65 bits per heavy atom. The number of fused-ring (bicyclic) bond motifs is 7. The highest BCUT2D eigenvalue weighted by atomic mass is 35.5. The minimum Gasteiger partial charge on any atom is -0.490 e. The third kappa shape index (κ3) is 8.01. The van der Waals surface area contributed by atoms with Crippen LogP contribution >= 0.6 is 34.5 Å². The Labute approximate surface area is 342 Å². The van der Waals surface area contributed by atoms with E-state index in [1.165, 1.54) is 29.8 Å². The first-order valence-electron chi connectivity index (χ1n) is 18.2. The predicted octanol–water partition coefficient (Wildman–Crippen LogP) is 9.28. The first-order chi connectivity index (χ1) is 27.8. The van der Waals surface area contributed by atoms with Crippen molar-refractivity contribution in [3.63, 3.8) is 0 Å². The molecule has 0 saturated carbocycles. The maximum atomic E-state index is 14.1. The maximum Gasteiger partial charge on any atom is 0.226 e. The van der Waals surface area contributed by atoms with Gasteiger partial charge in [-0.05, 0) is 84.6 Å². The van der Waals surface area contributed by atoms with Crippen LogP contribution in [0.15, 0.2) is 79.4 Å². The van der Waals surface area contributed by atoms with Crippen LogP contribution in [0.1, 0.15) is 22.4 Å². The third-order valence-electron chi connectivity index (χ3n) is 9.42. The lowest BCUT2D eigenvalue weighted by Crippen LogP contribution is -2.13. The van der Waals surface area contributed by atoms with E-state index in [0.717, 1.165) is 49.6 Å². The number of aromatic nitrogens is 5. The summed E-state index contributed by atoms with van der Waals surface area (Å²) in [4.78, 5) is 24.4. The molecule has 0 amide bonds. The zero-order valence-electron chi connectivity index (χ0n) is 30.9. The van der Waals surface area contributed by atoms with Crippen molar-refractivity contribution < 1.29 is 23.3 Å². The van der Waals surface area contributed by atoms with Crippen molar-refractivity contribution in [2.24, 2.45) is 5.73 Å². The number of nitrogens with zero attached hydrogens (tertiary/aromatic N) is 5. The average molecular weight is 825 g/mol. The number of halogens is 3. The van der Waals surface area contributed by atoms with Crippen molar-refractivity contribution in [1.29, 1.82) is 0 Å². The van der Waals surface area contributed by atoms with E-state index < -0.39 is 0 Å². The van der Waals surface area contributed by atoms with Crippen LogP contribution in [0.3, 0.4) is 0 Å². The number of benzene rings is 3. The van der Waals surface area contributed by atoms with Crippen molar-refractivity contribution in [1.82, 2.24) is 24.9 Å². The topological polar surface area (TPSA) is 139 Å². The molecule has 0 atom stereocenters. The van der Waals surface area contributed by atoms with Gasteiger partial charge in [-0.1, -0.05) is 35.3 Å².